The molecule has 2 atom stereocenters. The first-order valence-electron chi connectivity index (χ1n) is 10.9. The van der Waals surface area contributed by atoms with Crippen molar-refractivity contribution in [3.05, 3.63) is 99.6 Å². The molecule has 36 heavy (non-hydrogen) atoms. The summed E-state index contributed by atoms with van der Waals surface area (Å²) in [6.45, 7) is 0. The lowest BCUT2D eigenvalue weighted by molar-refractivity contribution is -0.131. The second-order valence-corrected chi connectivity index (χ2v) is 8.88. The molecule has 184 valence electrons. The van der Waals surface area contributed by atoms with Crippen molar-refractivity contribution in [1.82, 2.24) is 0 Å². The van der Waals surface area contributed by atoms with E-state index in [1.165, 1.54) is 12.1 Å². The van der Waals surface area contributed by atoms with Crippen LogP contribution in [0.5, 0.6) is 11.5 Å². The van der Waals surface area contributed by atoms with Crippen molar-refractivity contribution >= 4 is 40.3 Å². The summed E-state index contributed by atoms with van der Waals surface area (Å²) >= 11 is 2.09. The summed E-state index contributed by atoms with van der Waals surface area (Å²) in [6, 6.07) is 22.2. The number of carbonyl (C=O) groups is 2. The molecule has 0 aliphatic rings. The Morgan fingerprint density at radius 1 is 1.08 bits per heavy atom. The van der Waals surface area contributed by atoms with Gasteiger partial charge in [0.25, 0.3) is 0 Å². The van der Waals surface area contributed by atoms with E-state index in [9.17, 15) is 14.7 Å². The number of halogens is 1. The lowest BCUT2D eigenvalue weighted by atomic mass is 9.99. The molecule has 9 heteroatoms. The molecule has 0 heterocycles. The smallest absolute Gasteiger partial charge is 0.412 e. The third-order valence-corrected chi connectivity index (χ3v) is 5.71. The molecule has 0 aromatic heterocycles. The monoisotopic (exact) mass is 598 g/mol. The fraction of sp³-hybridized carbons (Fsp3) is 0.148. The number of phenolic OH excluding ortho intramolecular Hbond substituents is 1. The number of rotatable bonds is 10. The summed E-state index contributed by atoms with van der Waals surface area (Å²) in [4.78, 5) is 23.8. The fourth-order valence-corrected chi connectivity index (χ4v) is 3.89. The molecule has 0 spiro atoms. The highest BCUT2D eigenvalue weighted by molar-refractivity contribution is 14.1. The number of carbonyl (C=O) groups excluding carboxylic acids is 1. The summed E-state index contributed by atoms with van der Waals surface area (Å²) in [6.07, 6.45) is 0.565. The number of hydrogen-bond acceptors (Lipinski definition) is 6. The lowest BCUT2D eigenvalue weighted by Crippen LogP contribution is -2.31. The van der Waals surface area contributed by atoms with E-state index >= 15 is 0 Å². The number of nitrogens with one attached hydrogen (secondary N) is 1. The van der Waals surface area contributed by atoms with Crippen LogP contribution in [-0.2, 0) is 9.53 Å². The Kier molecular flexibility index (Phi) is 9.71. The summed E-state index contributed by atoms with van der Waals surface area (Å²) in [5.41, 5.74) is 1.22. The molecule has 1 amide bonds. The Morgan fingerprint density at radius 2 is 1.81 bits per heavy atom. The first-order chi connectivity index (χ1) is 17.4. The Morgan fingerprint density at radius 3 is 2.47 bits per heavy atom. The molecule has 0 saturated heterocycles. The zero-order valence-corrected chi connectivity index (χ0v) is 21.2. The maximum Gasteiger partial charge on any atom is 0.412 e. The average molecular weight is 598 g/mol. The Hall–Kier alpha value is -4.04. The first-order valence-corrected chi connectivity index (χ1v) is 12.0. The number of aliphatic carboxylic acids is 1. The van der Waals surface area contributed by atoms with Crippen LogP contribution in [0, 0.1) is 14.9 Å². The van der Waals surface area contributed by atoms with Crippen molar-refractivity contribution in [2.24, 2.45) is 0 Å². The van der Waals surface area contributed by atoms with Gasteiger partial charge in [0.05, 0.1) is 11.6 Å². The standard InChI is InChI=1S/C27H23IN2O6/c28-19-12-15-23(31)22(16-19)26(36-27(34)30-20-13-10-18(17-29)11-14-20)24(8-4-5-9-25(32)33)35-21-6-2-1-3-7-21/h1-3,5-7,9-16,24,26,31H,4,8H2,(H,30,34)(H,32,33)/b9-5+/t24-,26-/m0/s1. The normalized spacial score (nSPS) is 12.3. The second kappa shape index (κ2) is 13.2. The van der Waals surface area contributed by atoms with Gasteiger partial charge in [-0.05, 0) is 90.0 Å². The maximum absolute atomic E-state index is 12.9. The van der Waals surface area contributed by atoms with Crippen LogP contribution in [-0.4, -0.2) is 28.4 Å². The van der Waals surface area contributed by atoms with Crippen LogP contribution in [0.4, 0.5) is 10.5 Å². The number of nitrogens with zero attached hydrogens (tertiary/aromatic N) is 1. The van der Waals surface area contributed by atoms with Gasteiger partial charge in [0, 0.05) is 20.9 Å². The van der Waals surface area contributed by atoms with E-state index in [0.717, 1.165) is 9.65 Å². The maximum atomic E-state index is 12.9. The second-order valence-electron chi connectivity index (χ2n) is 7.63. The Bertz CT molecular complexity index is 1260. The molecule has 8 nitrogen and oxygen atoms in total. The zero-order chi connectivity index (χ0) is 25.9. The highest BCUT2D eigenvalue weighted by atomic mass is 127. The van der Waals surface area contributed by atoms with Gasteiger partial charge in [-0.3, -0.25) is 5.32 Å². The van der Waals surface area contributed by atoms with E-state index in [0.29, 0.717) is 35.4 Å². The molecule has 0 saturated carbocycles. The lowest BCUT2D eigenvalue weighted by Gasteiger charge is -2.28. The van der Waals surface area contributed by atoms with Crippen molar-refractivity contribution in [3.63, 3.8) is 0 Å². The predicted octanol–water partition coefficient (Wildman–Crippen LogP) is 6.03. The highest BCUT2D eigenvalue weighted by Gasteiger charge is 2.31. The number of nitriles is 1. The molecule has 0 unspecified atom stereocenters. The molecule has 0 fully saturated rings. The number of carboxylic acid groups (broad SMARTS) is 1. The van der Waals surface area contributed by atoms with Crippen molar-refractivity contribution in [2.45, 2.75) is 25.0 Å². The van der Waals surface area contributed by atoms with Crippen LogP contribution < -0.4 is 10.1 Å². The molecule has 0 radical (unpaired) electrons. The topological polar surface area (TPSA) is 129 Å². The van der Waals surface area contributed by atoms with Gasteiger partial charge in [0.1, 0.15) is 17.6 Å². The van der Waals surface area contributed by atoms with Crippen LogP contribution in [0.1, 0.15) is 30.1 Å². The number of allylic oxidation sites excluding steroid dienone is 1. The minimum Gasteiger partial charge on any atom is -0.508 e. The predicted molar refractivity (Wildman–Crippen MR) is 142 cm³/mol. The van der Waals surface area contributed by atoms with Crippen LogP contribution in [0.2, 0.25) is 0 Å². The zero-order valence-electron chi connectivity index (χ0n) is 19.0. The summed E-state index contributed by atoms with van der Waals surface area (Å²) in [7, 11) is 0. The minimum absolute atomic E-state index is 0.0747. The van der Waals surface area contributed by atoms with Crippen molar-refractivity contribution in [1.29, 1.82) is 5.26 Å². The highest BCUT2D eigenvalue weighted by Crippen LogP contribution is 2.35. The molecular weight excluding hydrogens is 575 g/mol. The van der Waals surface area contributed by atoms with Gasteiger partial charge in [0.15, 0.2) is 6.10 Å². The Balaban J connectivity index is 1.92. The molecule has 3 N–H and O–H groups in total. The van der Waals surface area contributed by atoms with E-state index in [2.05, 4.69) is 27.9 Å². The van der Waals surface area contributed by atoms with Crippen LogP contribution in [0.15, 0.2) is 84.9 Å². The third kappa shape index (κ3) is 8.02. The van der Waals surface area contributed by atoms with Crippen LogP contribution >= 0.6 is 22.6 Å². The quantitative estimate of drug-likeness (QED) is 0.192. The number of para-hydroxylation sites is 1. The van der Waals surface area contributed by atoms with Gasteiger partial charge in [0.2, 0.25) is 0 Å². The molecule has 0 bridgehead atoms. The summed E-state index contributed by atoms with van der Waals surface area (Å²) in [5.74, 6) is -0.620. The largest absolute Gasteiger partial charge is 0.508 e. The van der Waals surface area contributed by atoms with Gasteiger partial charge in [-0.15, -0.1) is 0 Å². The SMILES string of the molecule is N#Cc1ccc(NC(=O)O[C@@H](c2cc(I)ccc2O)[C@H](CC/C=C/C(=O)O)Oc2ccccc2)cc1. The fourth-order valence-electron chi connectivity index (χ4n) is 3.37. The van der Waals surface area contributed by atoms with E-state index < -0.39 is 24.3 Å². The van der Waals surface area contributed by atoms with Gasteiger partial charge < -0.3 is 19.7 Å². The van der Waals surface area contributed by atoms with E-state index in [1.807, 2.05) is 12.1 Å². The molecule has 3 aromatic carbocycles. The average Bonchev–Trinajstić information content (AvgIpc) is 2.87. The minimum atomic E-state index is -1.07. The number of benzene rings is 3. The van der Waals surface area contributed by atoms with E-state index in [-0.39, 0.29) is 5.75 Å². The van der Waals surface area contributed by atoms with E-state index in [1.54, 1.807) is 60.7 Å². The summed E-state index contributed by atoms with van der Waals surface area (Å²) in [5, 5.41) is 31.1. The Labute approximate surface area is 221 Å². The molecule has 0 aliphatic carbocycles. The van der Waals surface area contributed by atoms with Gasteiger partial charge in [-0.1, -0.05) is 24.3 Å². The van der Waals surface area contributed by atoms with Gasteiger partial charge in [-0.2, -0.15) is 5.26 Å². The van der Waals surface area contributed by atoms with Crippen molar-refractivity contribution in [3.8, 4) is 17.6 Å². The third-order valence-electron chi connectivity index (χ3n) is 5.04. The van der Waals surface area contributed by atoms with Crippen molar-refractivity contribution in [2.75, 3.05) is 5.32 Å². The number of aromatic hydroxyl groups is 1. The number of ether oxygens (including phenoxy) is 2. The van der Waals surface area contributed by atoms with Crippen LogP contribution in [0.3, 0.4) is 0 Å². The number of anilines is 1. The summed E-state index contributed by atoms with van der Waals surface area (Å²) < 4.78 is 12.8. The molecule has 3 aromatic rings. The van der Waals surface area contributed by atoms with Crippen LogP contribution in [0.25, 0.3) is 0 Å². The number of carboxylic acids is 1. The molecule has 3 rings (SSSR count). The molecule has 0 aliphatic heterocycles. The molecular formula is C27H23IN2O6. The number of hydrogen-bond donors (Lipinski definition) is 3. The van der Waals surface area contributed by atoms with Gasteiger partial charge >= 0.3 is 12.1 Å². The van der Waals surface area contributed by atoms with Crippen molar-refractivity contribution < 1.29 is 29.3 Å². The number of phenols is 1. The first kappa shape index (κ1) is 26.6. The van der Waals surface area contributed by atoms with E-state index in [4.69, 9.17) is 19.8 Å². The number of amides is 1. The van der Waals surface area contributed by atoms with Gasteiger partial charge in [-0.25, -0.2) is 9.59 Å².